The van der Waals surface area contributed by atoms with Crippen molar-refractivity contribution in [3.63, 3.8) is 0 Å². The summed E-state index contributed by atoms with van der Waals surface area (Å²) < 4.78 is 0. The highest BCUT2D eigenvalue weighted by atomic mass is 35.5. The fraction of sp³-hybridized carbons (Fsp3) is 0.364. The van der Waals surface area contributed by atoms with E-state index in [4.69, 9.17) is 17.3 Å². The van der Waals surface area contributed by atoms with Gasteiger partial charge in [0.05, 0.1) is 6.04 Å². The van der Waals surface area contributed by atoms with Crippen LogP contribution in [0.1, 0.15) is 25.5 Å². The minimum atomic E-state index is -0.367. The van der Waals surface area contributed by atoms with Crippen LogP contribution >= 0.6 is 11.6 Å². The molecule has 0 fully saturated rings. The average molecular weight is 227 g/mol. The second-order valence-electron chi connectivity index (χ2n) is 3.53. The summed E-state index contributed by atoms with van der Waals surface area (Å²) in [5.41, 5.74) is 6.13. The van der Waals surface area contributed by atoms with E-state index in [1.165, 1.54) is 0 Å². The van der Waals surface area contributed by atoms with Crippen molar-refractivity contribution < 1.29 is 4.79 Å². The van der Waals surface area contributed by atoms with Gasteiger partial charge in [-0.1, -0.05) is 29.8 Å². The Morgan fingerprint density at radius 3 is 2.53 bits per heavy atom. The number of amides is 1. The van der Waals surface area contributed by atoms with Crippen LogP contribution in [0.4, 0.5) is 0 Å². The predicted molar refractivity (Wildman–Crippen MR) is 61.7 cm³/mol. The molecule has 0 aliphatic rings. The zero-order valence-electron chi connectivity index (χ0n) is 8.83. The highest BCUT2D eigenvalue weighted by Crippen LogP contribution is 2.22. The number of nitrogens with two attached hydrogens (primary N) is 1. The lowest BCUT2D eigenvalue weighted by Crippen LogP contribution is -2.40. The lowest BCUT2D eigenvalue weighted by Gasteiger charge is -2.18. The number of benzene rings is 1. The molecule has 0 aromatic heterocycles. The van der Waals surface area contributed by atoms with Crippen molar-refractivity contribution >= 4 is 17.5 Å². The maximum absolute atomic E-state index is 10.9. The Morgan fingerprint density at radius 1 is 1.40 bits per heavy atom. The molecular formula is C11H15ClN2O. The molecule has 0 saturated heterocycles. The number of carbonyl (C=O) groups excluding carboxylic acids is 1. The summed E-state index contributed by atoms with van der Waals surface area (Å²) in [5.74, 6) is -0.367. The van der Waals surface area contributed by atoms with E-state index in [2.05, 4.69) is 5.32 Å². The normalized spacial score (nSPS) is 14.6. The molecule has 0 spiro atoms. The SMILES string of the molecule is CC(N[C@@H](C)c1ccccc1Cl)C(N)=O. The van der Waals surface area contributed by atoms with E-state index < -0.39 is 0 Å². The molecule has 4 heteroatoms. The first-order valence-electron chi connectivity index (χ1n) is 4.82. The van der Waals surface area contributed by atoms with E-state index >= 15 is 0 Å². The van der Waals surface area contributed by atoms with Crippen molar-refractivity contribution in [2.75, 3.05) is 0 Å². The fourth-order valence-electron chi connectivity index (χ4n) is 1.37. The third-order valence-electron chi connectivity index (χ3n) is 2.30. The largest absolute Gasteiger partial charge is 0.368 e. The molecule has 0 heterocycles. The Morgan fingerprint density at radius 2 is 2.00 bits per heavy atom. The maximum atomic E-state index is 10.9. The topological polar surface area (TPSA) is 55.1 Å². The van der Waals surface area contributed by atoms with E-state index in [9.17, 15) is 4.79 Å². The third-order valence-corrected chi connectivity index (χ3v) is 2.64. The van der Waals surface area contributed by atoms with E-state index in [0.29, 0.717) is 5.02 Å². The fourth-order valence-corrected chi connectivity index (χ4v) is 1.67. The smallest absolute Gasteiger partial charge is 0.234 e. The number of rotatable bonds is 4. The van der Waals surface area contributed by atoms with Crippen LogP contribution in [0, 0.1) is 0 Å². The van der Waals surface area contributed by atoms with Gasteiger partial charge in [-0.05, 0) is 25.5 Å². The van der Waals surface area contributed by atoms with E-state index in [1.807, 2.05) is 31.2 Å². The third kappa shape index (κ3) is 3.22. The van der Waals surface area contributed by atoms with Crippen LogP contribution in [0.2, 0.25) is 5.02 Å². The minimum absolute atomic E-state index is 0.00111. The number of carbonyl (C=O) groups is 1. The Kier molecular flexibility index (Phi) is 4.12. The van der Waals surface area contributed by atoms with Crippen molar-refractivity contribution in [3.8, 4) is 0 Å². The van der Waals surface area contributed by atoms with Crippen molar-refractivity contribution in [3.05, 3.63) is 34.9 Å². The number of nitrogens with one attached hydrogen (secondary N) is 1. The summed E-state index contributed by atoms with van der Waals surface area (Å²) in [5, 5.41) is 3.77. The van der Waals surface area contributed by atoms with E-state index in [-0.39, 0.29) is 18.0 Å². The molecule has 1 unspecified atom stereocenters. The van der Waals surface area contributed by atoms with Crippen molar-refractivity contribution in [2.24, 2.45) is 5.73 Å². The summed E-state index contributed by atoms with van der Waals surface area (Å²) in [6.45, 7) is 3.68. The monoisotopic (exact) mass is 226 g/mol. The van der Waals surface area contributed by atoms with Crippen LogP contribution in [-0.2, 0) is 4.79 Å². The average Bonchev–Trinajstić information content (AvgIpc) is 2.18. The molecule has 0 bridgehead atoms. The first-order valence-corrected chi connectivity index (χ1v) is 5.20. The van der Waals surface area contributed by atoms with Gasteiger partial charge in [0.15, 0.2) is 0 Å². The Hall–Kier alpha value is -1.06. The highest BCUT2D eigenvalue weighted by Gasteiger charge is 2.14. The molecular weight excluding hydrogens is 212 g/mol. The maximum Gasteiger partial charge on any atom is 0.234 e. The van der Waals surface area contributed by atoms with Crippen molar-refractivity contribution in [2.45, 2.75) is 25.9 Å². The van der Waals surface area contributed by atoms with Gasteiger partial charge in [0.2, 0.25) is 5.91 Å². The van der Waals surface area contributed by atoms with Crippen molar-refractivity contribution in [1.82, 2.24) is 5.32 Å². The molecule has 3 nitrogen and oxygen atoms in total. The van der Waals surface area contributed by atoms with Crippen LogP contribution in [0.15, 0.2) is 24.3 Å². The Bertz CT molecular complexity index is 354. The number of primary amides is 1. The Balaban J connectivity index is 2.73. The van der Waals surface area contributed by atoms with Crippen molar-refractivity contribution in [1.29, 1.82) is 0 Å². The van der Waals surface area contributed by atoms with Crippen LogP contribution in [0.25, 0.3) is 0 Å². The molecule has 1 aromatic carbocycles. The van der Waals surface area contributed by atoms with Crippen LogP contribution in [-0.4, -0.2) is 11.9 Å². The quantitative estimate of drug-likeness (QED) is 0.824. The lowest BCUT2D eigenvalue weighted by molar-refractivity contribution is -0.119. The van der Waals surface area contributed by atoms with E-state index in [1.54, 1.807) is 6.92 Å². The summed E-state index contributed by atoms with van der Waals surface area (Å²) in [6.07, 6.45) is 0. The lowest BCUT2D eigenvalue weighted by atomic mass is 10.1. The first-order chi connectivity index (χ1) is 7.02. The van der Waals surface area contributed by atoms with Gasteiger partial charge < -0.3 is 5.73 Å². The van der Waals surface area contributed by atoms with Gasteiger partial charge in [-0.25, -0.2) is 0 Å². The Labute approximate surface area is 94.6 Å². The van der Waals surface area contributed by atoms with Gasteiger partial charge >= 0.3 is 0 Å². The summed E-state index contributed by atoms with van der Waals surface area (Å²) in [6, 6.07) is 7.17. The van der Waals surface area contributed by atoms with Gasteiger partial charge in [0.25, 0.3) is 0 Å². The van der Waals surface area contributed by atoms with E-state index in [0.717, 1.165) is 5.56 Å². The predicted octanol–water partition coefficient (Wildman–Crippen LogP) is 1.86. The second kappa shape index (κ2) is 5.14. The molecule has 0 aliphatic heterocycles. The molecule has 0 radical (unpaired) electrons. The van der Waals surface area contributed by atoms with Gasteiger partial charge in [-0.2, -0.15) is 0 Å². The van der Waals surface area contributed by atoms with Gasteiger partial charge in [0.1, 0.15) is 0 Å². The molecule has 1 rings (SSSR count). The van der Waals surface area contributed by atoms with Gasteiger partial charge in [0, 0.05) is 11.1 Å². The number of hydrogen-bond acceptors (Lipinski definition) is 2. The first kappa shape index (κ1) is 12.0. The molecule has 15 heavy (non-hydrogen) atoms. The number of halogens is 1. The highest BCUT2D eigenvalue weighted by molar-refractivity contribution is 6.31. The molecule has 82 valence electrons. The standard InChI is InChI=1S/C11H15ClN2O/c1-7(14-8(2)11(13)15)9-5-3-4-6-10(9)12/h3-8,14H,1-2H3,(H2,13,15)/t7-,8?/m0/s1. The molecule has 0 saturated carbocycles. The van der Waals surface area contributed by atoms with Gasteiger partial charge in [-0.15, -0.1) is 0 Å². The molecule has 0 aliphatic carbocycles. The summed E-state index contributed by atoms with van der Waals surface area (Å²) >= 11 is 6.03. The minimum Gasteiger partial charge on any atom is -0.368 e. The number of hydrogen-bond donors (Lipinski definition) is 2. The zero-order chi connectivity index (χ0) is 11.4. The van der Waals surface area contributed by atoms with Gasteiger partial charge in [-0.3, -0.25) is 10.1 Å². The summed E-state index contributed by atoms with van der Waals surface area (Å²) in [4.78, 5) is 10.9. The van der Waals surface area contributed by atoms with Crippen LogP contribution < -0.4 is 11.1 Å². The second-order valence-corrected chi connectivity index (χ2v) is 3.94. The molecule has 1 amide bonds. The summed E-state index contributed by atoms with van der Waals surface area (Å²) in [7, 11) is 0. The zero-order valence-corrected chi connectivity index (χ0v) is 9.58. The molecule has 1 aromatic rings. The van der Waals surface area contributed by atoms with Crippen LogP contribution in [0.5, 0.6) is 0 Å². The molecule has 2 atom stereocenters. The van der Waals surface area contributed by atoms with Crippen LogP contribution in [0.3, 0.4) is 0 Å². The molecule has 3 N–H and O–H groups in total.